The minimum Gasteiger partial charge on any atom is -0.338 e. The number of aryl methyl sites for hydroxylation is 1. The highest BCUT2D eigenvalue weighted by Gasteiger charge is 2.28. The van der Waals surface area contributed by atoms with Crippen LogP contribution >= 0.6 is 11.3 Å². The molecule has 0 spiro atoms. The van der Waals surface area contributed by atoms with Gasteiger partial charge in [-0.3, -0.25) is 9.59 Å². The van der Waals surface area contributed by atoms with E-state index in [0.29, 0.717) is 17.0 Å². The van der Waals surface area contributed by atoms with Gasteiger partial charge in [0.2, 0.25) is 0 Å². The van der Waals surface area contributed by atoms with Crippen molar-refractivity contribution in [1.29, 1.82) is 0 Å². The molecule has 1 atom stereocenters. The van der Waals surface area contributed by atoms with Crippen molar-refractivity contribution in [2.24, 2.45) is 0 Å². The molecule has 1 amide bonds. The number of hydrogen-bond acceptors (Lipinski definition) is 4. The summed E-state index contributed by atoms with van der Waals surface area (Å²) in [6.45, 7) is 6.19. The lowest BCUT2D eigenvalue weighted by atomic mass is 9.96. The average Bonchev–Trinajstić information content (AvgIpc) is 3.28. The van der Waals surface area contributed by atoms with E-state index < -0.39 is 0 Å². The number of carbonyl (C=O) groups is 2. The molecule has 0 radical (unpaired) electrons. The van der Waals surface area contributed by atoms with Crippen LogP contribution in [0.5, 0.6) is 0 Å². The van der Waals surface area contributed by atoms with Crippen molar-refractivity contribution in [2.45, 2.75) is 52.0 Å². The average molecular weight is 359 g/mol. The van der Waals surface area contributed by atoms with Gasteiger partial charge in [0, 0.05) is 43.3 Å². The fourth-order valence-corrected chi connectivity index (χ4v) is 4.17. The SMILES string of the molecule is CCCCn1ccnc1C1CCCN(C(=O)c2csc(C(C)=O)c2)C1. The van der Waals surface area contributed by atoms with E-state index in [0.717, 1.165) is 44.6 Å². The van der Waals surface area contributed by atoms with E-state index in [2.05, 4.69) is 16.5 Å². The first-order valence-corrected chi connectivity index (χ1v) is 9.88. The number of rotatable bonds is 6. The van der Waals surface area contributed by atoms with Crippen LogP contribution in [0.4, 0.5) is 0 Å². The van der Waals surface area contributed by atoms with Crippen molar-refractivity contribution in [2.75, 3.05) is 13.1 Å². The second-order valence-corrected chi connectivity index (χ2v) is 7.59. The topological polar surface area (TPSA) is 55.2 Å². The number of aromatic nitrogens is 2. The Morgan fingerprint density at radius 3 is 2.96 bits per heavy atom. The number of ketones is 1. The quantitative estimate of drug-likeness (QED) is 0.734. The Bertz CT molecular complexity index is 749. The molecule has 25 heavy (non-hydrogen) atoms. The van der Waals surface area contributed by atoms with Crippen molar-refractivity contribution in [3.8, 4) is 0 Å². The zero-order valence-corrected chi connectivity index (χ0v) is 15.7. The van der Waals surface area contributed by atoms with Gasteiger partial charge in [-0.25, -0.2) is 4.98 Å². The Kier molecular flexibility index (Phi) is 5.68. The normalized spacial score (nSPS) is 17.7. The number of piperidine rings is 1. The fraction of sp³-hybridized carbons (Fsp3) is 0.526. The van der Waals surface area contributed by atoms with Crippen LogP contribution in [0.2, 0.25) is 0 Å². The Labute approximate surface area is 152 Å². The van der Waals surface area contributed by atoms with Crippen LogP contribution < -0.4 is 0 Å². The maximum absolute atomic E-state index is 12.8. The van der Waals surface area contributed by atoms with Crippen LogP contribution in [-0.4, -0.2) is 39.2 Å². The van der Waals surface area contributed by atoms with Crippen LogP contribution in [0.15, 0.2) is 23.8 Å². The predicted octanol–water partition coefficient (Wildman–Crippen LogP) is 3.97. The van der Waals surface area contributed by atoms with E-state index >= 15 is 0 Å². The van der Waals surface area contributed by atoms with Gasteiger partial charge in [0.25, 0.3) is 5.91 Å². The van der Waals surface area contributed by atoms with Crippen LogP contribution in [0.3, 0.4) is 0 Å². The Morgan fingerprint density at radius 1 is 1.40 bits per heavy atom. The lowest BCUT2D eigenvalue weighted by molar-refractivity contribution is 0.0704. The van der Waals surface area contributed by atoms with E-state index in [4.69, 9.17) is 0 Å². The fourth-order valence-electron chi connectivity index (χ4n) is 3.39. The number of Topliss-reactive ketones (excluding diaryl/α,β-unsaturated/α-hetero) is 1. The maximum atomic E-state index is 12.8. The molecule has 1 saturated heterocycles. The van der Waals surface area contributed by atoms with Gasteiger partial charge in [-0.1, -0.05) is 13.3 Å². The Balaban J connectivity index is 1.71. The standard InChI is InChI=1S/C19H25N3O2S/c1-3-4-8-21-10-7-20-18(21)15-6-5-9-22(12-15)19(24)16-11-17(14(2)23)25-13-16/h7,10-11,13,15H,3-6,8-9,12H2,1-2H3. The van der Waals surface area contributed by atoms with Gasteiger partial charge in [0.05, 0.1) is 10.4 Å². The van der Waals surface area contributed by atoms with E-state index in [1.165, 1.54) is 18.3 Å². The summed E-state index contributed by atoms with van der Waals surface area (Å²) in [6, 6.07) is 1.72. The third-order valence-corrected chi connectivity index (χ3v) is 5.80. The maximum Gasteiger partial charge on any atom is 0.254 e. The number of unbranched alkanes of at least 4 members (excludes halogenated alkanes) is 1. The first-order valence-electron chi connectivity index (χ1n) is 9.00. The van der Waals surface area contributed by atoms with Crippen LogP contribution in [0.1, 0.15) is 71.3 Å². The summed E-state index contributed by atoms with van der Waals surface area (Å²) in [6.07, 6.45) is 8.26. The number of carbonyl (C=O) groups excluding carboxylic acids is 2. The second kappa shape index (κ2) is 7.95. The van der Waals surface area contributed by atoms with Gasteiger partial charge in [-0.05, 0) is 32.3 Å². The molecule has 2 aromatic rings. The van der Waals surface area contributed by atoms with Crippen molar-refractivity contribution in [3.05, 3.63) is 40.1 Å². The molecule has 0 N–H and O–H groups in total. The zero-order chi connectivity index (χ0) is 17.8. The monoisotopic (exact) mass is 359 g/mol. The van der Waals surface area contributed by atoms with Crippen molar-refractivity contribution in [1.82, 2.24) is 14.5 Å². The second-order valence-electron chi connectivity index (χ2n) is 6.68. The zero-order valence-electron chi connectivity index (χ0n) is 14.9. The highest BCUT2D eigenvalue weighted by Crippen LogP contribution is 2.28. The largest absolute Gasteiger partial charge is 0.338 e. The predicted molar refractivity (Wildman–Crippen MR) is 99.3 cm³/mol. The van der Waals surface area contributed by atoms with Gasteiger partial charge in [0.1, 0.15) is 5.82 Å². The molecule has 2 aromatic heterocycles. The van der Waals surface area contributed by atoms with Gasteiger partial charge < -0.3 is 9.47 Å². The molecular formula is C19H25N3O2S. The van der Waals surface area contributed by atoms with Crippen molar-refractivity contribution < 1.29 is 9.59 Å². The number of amides is 1. The first kappa shape index (κ1) is 17.9. The number of nitrogens with zero attached hydrogens (tertiary/aromatic N) is 3. The van der Waals surface area contributed by atoms with Crippen LogP contribution in [-0.2, 0) is 6.54 Å². The minimum absolute atomic E-state index is 0.0125. The summed E-state index contributed by atoms with van der Waals surface area (Å²) < 4.78 is 2.24. The lowest BCUT2D eigenvalue weighted by Gasteiger charge is -2.32. The lowest BCUT2D eigenvalue weighted by Crippen LogP contribution is -2.39. The number of imidazole rings is 1. The smallest absolute Gasteiger partial charge is 0.254 e. The summed E-state index contributed by atoms with van der Waals surface area (Å²) in [5.74, 6) is 1.43. The molecule has 1 aliphatic heterocycles. The van der Waals surface area contributed by atoms with Crippen molar-refractivity contribution in [3.63, 3.8) is 0 Å². The molecular weight excluding hydrogens is 334 g/mol. The molecule has 5 nitrogen and oxygen atoms in total. The van der Waals surface area contributed by atoms with Gasteiger partial charge in [-0.2, -0.15) is 0 Å². The summed E-state index contributed by atoms with van der Waals surface area (Å²) in [5.41, 5.74) is 0.630. The molecule has 134 valence electrons. The summed E-state index contributed by atoms with van der Waals surface area (Å²) in [4.78, 5) is 31.4. The Hall–Kier alpha value is -1.95. The number of hydrogen-bond donors (Lipinski definition) is 0. The van der Waals surface area contributed by atoms with Gasteiger partial charge in [0.15, 0.2) is 5.78 Å². The molecule has 0 bridgehead atoms. The van der Waals surface area contributed by atoms with Gasteiger partial charge >= 0.3 is 0 Å². The molecule has 0 aromatic carbocycles. The van der Waals surface area contributed by atoms with Crippen LogP contribution in [0, 0.1) is 0 Å². The van der Waals surface area contributed by atoms with Gasteiger partial charge in [-0.15, -0.1) is 11.3 Å². The molecule has 0 aliphatic carbocycles. The van der Waals surface area contributed by atoms with E-state index in [1.807, 2.05) is 17.3 Å². The summed E-state index contributed by atoms with van der Waals surface area (Å²) in [5, 5.41) is 1.80. The first-order chi connectivity index (χ1) is 12.1. The number of likely N-dealkylation sites (tertiary alicyclic amines) is 1. The molecule has 1 aliphatic rings. The molecule has 3 heterocycles. The number of thiophene rings is 1. The summed E-state index contributed by atoms with van der Waals surface area (Å²) in [7, 11) is 0. The van der Waals surface area contributed by atoms with Crippen molar-refractivity contribution >= 4 is 23.0 Å². The molecule has 1 fully saturated rings. The molecule has 3 rings (SSSR count). The van der Waals surface area contributed by atoms with E-state index in [1.54, 1.807) is 11.4 Å². The van der Waals surface area contributed by atoms with Crippen LogP contribution in [0.25, 0.3) is 0 Å². The Morgan fingerprint density at radius 2 is 2.24 bits per heavy atom. The van der Waals surface area contributed by atoms with E-state index in [-0.39, 0.29) is 17.6 Å². The minimum atomic E-state index is 0.0125. The van der Waals surface area contributed by atoms with E-state index in [9.17, 15) is 9.59 Å². The summed E-state index contributed by atoms with van der Waals surface area (Å²) >= 11 is 1.35. The molecule has 1 unspecified atom stereocenters. The highest BCUT2D eigenvalue weighted by atomic mass is 32.1. The molecule has 6 heteroatoms. The third kappa shape index (κ3) is 4.00. The highest BCUT2D eigenvalue weighted by molar-refractivity contribution is 7.12. The third-order valence-electron chi connectivity index (χ3n) is 4.77. The molecule has 0 saturated carbocycles.